The van der Waals surface area contributed by atoms with Crippen LogP contribution in [0.2, 0.25) is 20.4 Å². The largest absolute Gasteiger partial charge is 0.396 e. The molecule has 3 N–H and O–H groups in total. The number of hydrogen-bond donors (Lipinski definition) is 2. The first-order valence-corrected chi connectivity index (χ1v) is 6.63. The van der Waals surface area contributed by atoms with E-state index in [2.05, 4.69) is 15.3 Å². The molecule has 1 heterocycles. The molecule has 104 valence electrons. The molecule has 1 aromatic carbocycles. The van der Waals surface area contributed by atoms with Crippen LogP contribution in [0.15, 0.2) is 18.5 Å². The summed E-state index contributed by atoms with van der Waals surface area (Å²) in [5, 5.41) is 2.86. The quantitative estimate of drug-likeness (QED) is 0.634. The van der Waals surface area contributed by atoms with E-state index >= 15 is 0 Å². The fourth-order valence-corrected chi connectivity index (χ4v) is 2.24. The topological polar surface area (TPSA) is 80.9 Å². The van der Waals surface area contributed by atoms with E-state index in [-0.39, 0.29) is 37.3 Å². The van der Waals surface area contributed by atoms with Gasteiger partial charge in [-0.1, -0.05) is 46.4 Å². The zero-order valence-corrected chi connectivity index (χ0v) is 12.6. The third kappa shape index (κ3) is 3.07. The van der Waals surface area contributed by atoms with Gasteiger partial charge in [-0.3, -0.25) is 4.79 Å². The van der Waals surface area contributed by atoms with Crippen LogP contribution in [0, 0.1) is 0 Å². The molecule has 0 atom stereocenters. The van der Waals surface area contributed by atoms with Crippen molar-refractivity contribution in [3.8, 4) is 0 Å². The third-order valence-electron chi connectivity index (χ3n) is 2.33. The molecule has 0 fully saturated rings. The van der Waals surface area contributed by atoms with Crippen LogP contribution < -0.4 is 11.1 Å². The summed E-state index contributed by atoms with van der Waals surface area (Å²) >= 11 is 23.4. The average Bonchev–Trinajstić information content (AvgIpc) is 2.39. The van der Waals surface area contributed by atoms with Gasteiger partial charge in [0.05, 0.1) is 15.7 Å². The molecule has 0 spiro atoms. The van der Waals surface area contributed by atoms with E-state index in [1.54, 1.807) is 0 Å². The number of benzene rings is 1. The Bertz CT molecular complexity index is 649. The van der Waals surface area contributed by atoms with E-state index in [0.29, 0.717) is 0 Å². The molecule has 2 aromatic rings. The minimum atomic E-state index is -0.521. The van der Waals surface area contributed by atoms with Crippen LogP contribution >= 0.6 is 46.4 Å². The van der Waals surface area contributed by atoms with Crippen LogP contribution in [0.4, 0.5) is 11.4 Å². The summed E-state index contributed by atoms with van der Waals surface area (Å²) in [7, 11) is 0. The molecule has 1 amide bonds. The Labute approximate surface area is 134 Å². The smallest absolute Gasteiger partial charge is 0.255 e. The maximum atomic E-state index is 12.1. The van der Waals surface area contributed by atoms with E-state index in [1.807, 2.05) is 0 Å². The Hall–Kier alpha value is -1.27. The number of carbonyl (C=O) groups is 1. The predicted molar refractivity (Wildman–Crippen MR) is 80.9 cm³/mol. The monoisotopic (exact) mass is 350 g/mol. The molecule has 0 bridgehead atoms. The first kappa shape index (κ1) is 15.1. The fraction of sp³-hybridized carbons (Fsp3) is 0. The molecule has 5 nitrogen and oxygen atoms in total. The molecular formula is C11H6Cl4N4O. The number of nitrogens with one attached hydrogen (secondary N) is 1. The van der Waals surface area contributed by atoms with Gasteiger partial charge in [0.25, 0.3) is 5.91 Å². The SMILES string of the molecule is Nc1c(Cl)cc(C(=O)Nc2c(Cl)ncnc2Cl)cc1Cl. The number of aromatic nitrogens is 2. The van der Waals surface area contributed by atoms with Gasteiger partial charge < -0.3 is 11.1 Å². The normalized spacial score (nSPS) is 10.4. The lowest BCUT2D eigenvalue weighted by Gasteiger charge is -2.09. The molecule has 0 aliphatic carbocycles. The van der Waals surface area contributed by atoms with Crippen LogP contribution in [-0.4, -0.2) is 15.9 Å². The van der Waals surface area contributed by atoms with Gasteiger partial charge in [0.2, 0.25) is 0 Å². The van der Waals surface area contributed by atoms with Gasteiger partial charge in [-0.25, -0.2) is 9.97 Å². The number of nitrogens with zero attached hydrogens (tertiary/aromatic N) is 2. The maximum Gasteiger partial charge on any atom is 0.255 e. The molecule has 0 saturated heterocycles. The van der Waals surface area contributed by atoms with Gasteiger partial charge in [0.15, 0.2) is 10.3 Å². The van der Waals surface area contributed by atoms with Crippen molar-refractivity contribution in [3.63, 3.8) is 0 Å². The molecule has 9 heteroatoms. The molecule has 20 heavy (non-hydrogen) atoms. The standard InChI is InChI=1S/C11H6Cl4N4O/c12-5-1-4(2-6(13)7(5)16)11(20)19-8-9(14)17-3-18-10(8)15/h1-3H,16H2,(H,19,20). The average molecular weight is 352 g/mol. The Morgan fingerprint density at radius 2 is 1.55 bits per heavy atom. The maximum absolute atomic E-state index is 12.1. The molecule has 0 saturated carbocycles. The van der Waals surface area contributed by atoms with Crippen LogP contribution in [0.5, 0.6) is 0 Å². The van der Waals surface area contributed by atoms with Gasteiger partial charge in [-0.05, 0) is 12.1 Å². The Balaban J connectivity index is 2.34. The van der Waals surface area contributed by atoms with Crippen molar-refractivity contribution >= 4 is 63.7 Å². The van der Waals surface area contributed by atoms with E-state index in [9.17, 15) is 4.79 Å². The van der Waals surface area contributed by atoms with Crippen molar-refractivity contribution in [1.29, 1.82) is 0 Å². The van der Waals surface area contributed by atoms with Gasteiger partial charge in [-0.15, -0.1) is 0 Å². The molecule has 0 aliphatic rings. The summed E-state index contributed by atoms with van der Waals surface area (Å²) in [4.78, 5) is 19.5. The first-order valence-electron chi connectivity index (χ1n) is 5.12. The van der Waals surface area contributed by atoms with Crippen molar-refractivity contribution < 1.29 is 4.79 Å². The van der Waals surface area contributed by atoms with Gasteiger partial charge in [-0.2, -0.15) is 0 Å². The van der Waals surface area contributed by atoms with Crippen molar-refractivity contribution in [3.05, 3.63) is 44.4 Å². The number of carbonyl (C=O) groups excluding carboxylic acids is 1. The van der Waals surface area contributed by atoms with Crippen LogP contribution in [0.1, 0.15) is 10.4 Å². The highest BCUT2D eigenvalue weighted by Gasteiger charge is 2.15. The lowest BCUT2D eigenvalue weighted by Crippen LogP contribution is -2.13. The highest BCUT2D eigenvalue weighted by molar-refractivity contribution is 6.40. The Kier molecular flexibility index (Phi) is 4.55. The number of nitrogens with two attached hydrogens (primary N) is 1. The summed E-state index contributed by atoms with van der Waals surface area (Å²) in [6.07, 6.45) is 1.18. The predicted octanol–water partition coefficient (Wildman–Crippen LogP) is 3.92. The lowest BCUT2D eigenvalue weighted by molar-refractivity contribution is 0.102. The number of nitrogen functional groups attached to an aromatic ring is 1. The summed E-state index contributed by atoms with van der Waals surface area (Å²) in [6.45, 7) is 0. The summed E-state index contributed by atoms with van der Waals surface area (Å²) < 4.78 is 0. The highest BCUT2D eigenvalue weighted by Crippen LogP contribution is 2.30. The molecular weight excluding hydrogens is 346 g/mol. The van der Waals surface area contributed by atoms with E-state index in [1.165, 1.54) is 18.5 Å². The summed E-state index contributed by atoms with van der Waals surface area (Å²) in [5.41, 5.74) is 6.09. The zero-order chi connectivity index (χ0) is 14.9. The second-order valence-corrected chi connectivity index (χ2v) is 5.17. The van der Waals surface area contributed by atoms with E-state index in [4.69, 9.17) is 52.1 Å². The molecule has 0 radical (unpaired) electrons. The highest BCUT2D eigenvalue weighted by atomic mass is 35.5. The second-order valence-electron chi connectivity index (χ2n) is 3.64. The number of halogens is 4. The van der Waals surface area contributed by atoms with Gasteiger partial charge in [0.1, 0.15) is 12.0 Å². The summed E-state index contributed by atoms with van der Waals surface area (Å²) in [5.74, 6) is -0.521. The molecule has 1 aromatic heterocycles. The van der Waals surface area contributed by atoms with Crippen molar-refractivity contribution in [2.45, 2.75) is 0 Å². The van der Waals surface area contributed by atoms with Crippen LogP contribution in [0.3, 0.4) is 0 Å². The number of anilines is 2. The fourth-order valence-electron chi connectivity index (χ4n) is 1.35. The number of rotatable bonds is 2. The Morgan fingerprint density at radius 1 is 1.05 bits per heavy atom. The molecule has 0 aliphatic heterocycles. The number of hydrogen-bond acceptors (Lipinski definition) is 4. The van der Waals surface area contributed by atoms with E-state index < -0.39 is 5.91 Å². The van der Waals surface area contributed by atoms with E-state index in [0.717, 1.165) is 0 Å². The molecule has 2 rings (SSSR count). The van der Waals surface area contributed by atoms with Crippen molar-refractivity contribution in [2.75, 3.05) is 11.1 Å². The zero-order valence-electron chi connectivity index (χ0n) is 9.62. The third-order valence-corrected chi connectivity index (χ3v) is 3.53. The minimum Gasteiger partial charge on any atom is -0.396 e. The molecule has 0 unspecified atom stereocenters. The van der Waals surface area contributed by atoms with Crippen LogP contribution in [0.25, 0.3) is 0 Å². The first-order chi connectivity index (χ1) is 9.40. The van der Waals surface area contributed by atoms with Crippen LogP contribution in [-0.2, 0) is 0 Å². The summed E-state index contributed by atoms with van der Waals surface area (Å²) in [6, 6.07) is 2.76. The second kappa shape index (κ2) is 6.01. The number of amides is 1. The Morgan fingerprint density at radius 3 is 2.05 bits per heavy atom. The van der Waals surface area contributed by atoms with Crippen molar-refractivity contribution in [1.82, 2.24) is 9.97 Å². The van der Waals surface area contributed by atoms with Crippen molar-refractivity contribution in [2.24, 2.45) is 0 Å². The van der Waals surface area contributed by atoms with Gasteiger partial charge in [0, 0.05) is 5.56 Å². The minimum absolute atomic E-state index is 0.0194. The lowest BCUT2D eigenvalue weighted by atomic mass is 10.2. The van der Waals surface area contributed by atoms with Gasteiger partial charge >= 0.3 is 0 Å².